The van der Waals surface area contributed by atoms with Gasteiger partial charge in [-0.25, -0.2) is 4.39 Å². The zero-order valence-corrected chi connectivity index (χ0v) is 9.12. The summed E-state index contributed by atoms with van der Waals surface area (Å²) in [7, 11) is 1.27. The summed E-state index contributed by atoms with van der Waals surface area (Å²) < 4.78 is 12.5. The summed E-state index contributed by atoms with van der Waals surface area (Å²) in [6.07, 6.45) is 0. The Kier molecular flexibility index (Phi) is 3.14. The van der Waals surface area contributed by atoms with Crippen molar-refractivity contribution in [2.24, 2.45) is 0 Å². The van der Waals surface area contributed by atoms with E-state index in [2.05, 4.69) is 11.7 Å². The summed E-state index contributed by atoms with van der Waals surface area (Å²) in [5.74, 6) is -0.240. The first-order valence-electron chi connectivity index (χ1n) is 3.79. The summed E-state index contributed by atoms with van der Waals surface area (Å²) in [5, 5.41) is 9.49. The van der Waals surface area contributed by atoms with E-state index in [1.54, 1.807) is 0 Å². The lowest BCUT2D eigenvalue weighted by atomic mass is 10.0. The fraction of sp³-hybridized carbons (Fsp3) is 0.333. The maximum Gasteiger partial charge on any atom is 0.123 e. The zero-order chi connectivity index (χ0) is 10.1. The van der Waals surface area contributed by atoms with E-state index in [1.165, 1.54) is 29.0 Å². The van der Waals surface area contributed by atoms with Crippen molar-refractivity contribution in [1.82, 2.24) is 0 Å². The predicted octanol–water partition coefficient (Wildman–Crippen LogP) is 3.34. The third-order valence-corrected chi connectivity index (χ3v) is 3.88. The molecule has 0 spiro atoms. The maximum absolute atomic E-state index is 12.9. The molecule has 0 heterocycles. The van der Waals surface area contributed by atoms with Crippen molar-refractivity contribution in [2.75, 3.05) is 0 Å². The van der Waals surface area contributed by atoms with Crippen molar-refractivity contribution in [2.45, 2.75) is 18.6 Å². The lowest BCUT2D eigenvalue weighted by molar-refractivity contribution is 0.459. The van der Waals surface area contributed by atoms with E-state index >= 15 is 0 Å². The van der Waals surface area contributed by atoms with E-state index in [9.17, 15) is 9.50 Å². The minimum Gasteiger partial charge on any atom is -0.508 e. The van der Waals surface area contributed by atoms with Gasteiger partial charge in [0.2, 0.25) is 0 Å². The largest absolute Gasteiger partial charge is 0.508 e. The summed E-state index contributed by atoms with van der Waals surface area (Å²) >= 11 is 4.08. The van der Waals surface area contributed by atoms with Gasteiger partial charge in [-0.2, -0.15) is 0 Å². The molecule has 4 heteroatoms. The molecular weight excluding hydrogens is 207 g/mol. The molecule has 0 bridgehead atoms. The van der Waals surface area contributed by atoms with Gasteiger partial charge in [0, 0.05) is 10.3 Å². The van der Waals surface area contributed by atoms with Gasteiger partial charge in [0.25, 0.3) is 0 Å². The molecule has 1 nitrogen and oxygen atoms in total. The highest BCUT2D eigenvalue weighted by atomic mass is 33.1. The minimum atomic E-state index is -0.394. The van der Waals surface area contributed by atoms with Gasteiger partial charge in [0.1, 0.15) is 11.6 Å². The van der Waals surface area contributed by atoms with Crippen LogP contribution < -0.4 is 0 Å². The number of thiol groups is 1. The second-order valence-electron chi connectivity index (χ2n) is 3.26. The molecule has 0 aliphatic heterocycles. The first kappa shape index (κ1) is 10.7. The van der Waals surface area contributed by atoms with E-state index in [-0.39, 0.29) is 11.6 Å². The molecule has 0 atom stereocenters. The van der Waals surface area contributed by atoms with Gasteiger partial charge >= 0.3 is 0 Å². The van der Waals surface area contributed by atoms with E-state index in [0.717, 1.165) is 0 Å². The SMILES string of the molecule is CC(C)(SS)c1cc(F)ccc1O. The number of hydrogen-bond donors (Lipinski definition) is 2. The van der Waals surface area contributed by atoms with Crippen molar-refractivity contribution in [3.05, 3.63) is 29.6 Å². The Bertz CT molecular complexity index is 312. The number of phenols is 1. The average molecular weight is 218 g/mol. The molecule has 0 fully saturated rings. The second kappa shape index (κ2) is 3.80. The molecule has 1 aromatic rings. The van der Waals surface area contributed by atoms with Crippen LogP contribution in [0.1, 0.15) is 19.4 Å². The van der Waals surface area contributed by atoms with Gasteiger partial charge in [0.05, 0.1) is 0 Å². The van der Waals surface area contributed by atoms with Crippen molar-refractivity contribution in [3.63, 3.8) is 0 Å². The van der Waals surface area contributed by atoms with Crippen LogP contribution in [0.25, 0.3) is 0 Å². The highest BCUT2D eigenvalue weighted by Crippen LogP contribution is 2.41. The molecule has 0 unspecified atom stereocenters. The van der Waals surface area contributed by atoms with Crippen LogP contribution in [-0.2, 0) is 4.75 Å². The normalized spacial score (nSPS) is 11.7. The van der Waals surface area contributed by atoms with Crippen molar-refractivity contribution >= 4 is 22.5 Å². The Labute approximate surface area is 86.2 Å². The fourth-order valence-electron chi connectivity index (χ4n) is 1.04. The first-order valence-corrected chi connectivity index (χ1v) is 5.66. The van der Waals surface area contributed by atoms with Gasteiger partial charge in [-0.1, -0.05) is 10.8 Å². The first-order chi connectivity index (χ1) is 5.97. The Morgan fingerprint density at radius 2 is 2.08 bits per heavy atom. The topological polar surface area (TPSA) is 20.2 Å². The lowest BCUT2D eigenvalue weighted by Crippen LogP contribution is -2.10. The molecule has 1 aromatic carbocycles. The van der Waals surface area contributed by atoms with Crippen molar-refractivity contribution in [3.8, 4) is 5.75 Å². The molecule has 0 saturated carbocycles. The number of rotatable bonds is 2. The summed E-state index contributed by atoms with van der Waals surface area (Å²) in [4.78, 5) is 0. The molecular formula is C9H11FOS2. The van der Waals surface area contributed by atoms with Gasteiger partial charge in [-0.3, -0.25) is 0 Å². The third kappa shape index (κ3) is 2.31. The Hall–Kier alpha value is -0.350. The minimum absolute atomic E-state index is 0.105. The number of phenolic OH excluding ortho intramolecular Hbond substituents is 1. The standard InChI is InChI=1S/C9H11FOS2/c1-9(2,13-12)7-5-6(10)3-4-8(7)11/h3-5,11-12H,1-2H3. The molecule has 0 aromatic heterocycles. The smallest absolute Gasteiger partial charge is 0.123 e. The van der Waals surface area contributed by atoms with Gasteiger partial charge in [0.15, 0.2) is 0 Å². The Balaban J connectivity index is 3.20. The lowest BCUT2D eigenvalue weighted by Gasteiger charge is -2.22. The van der Waals surface area contributed by atoms with Crippen LogP contribution in [0.15, 0.2) is 18.2 Å². The average Bonchev–Trinajstić information content (AvgIpc) is 2.09. The van der Waals surface area contributed by atoms with Gasteiger partial charge < -0.3 is 5.11 Å². The number of benzene rings is 1. The van der Waals surface area contributed by atoms with Crippen molar-refractivity contribution < 1.29 is 9.50 Å². The van der Waals surface area contributed by atoms with Crippen LogP contribution in [0.4, 0.5) is 4.39 Å². The van der Waals surface area contributed by atoms with E-state index in [4.69, 9.17) is 0 Å². The molecule has 0 radical (unpaired) electrons. The highest BCUT2D eigenvalue weighted by molar-refractivity contribution is 8.69. The van der Waals surface area contributed by atoms with Crippen LogP contribution in [0.2, 0.25) is 0 Å². The third-order valence-electron chi connectivity index (χ3n) is 1.84. The molecule has 0 aliphatic rings. The fourth-order valence-corrected chi connectivity index (χ4v) is 1.60. The van der Waals surface area contributed by atoms with Crippen LogP contribution in [0, 0.1) is 5.82 Å². The highest BCUT2D eigenvalue weighted by Gasteiger charge is 2.23. The van der Waals surface area contributed by atoms with Gasteiger partial charge in [-0.05, 0) is 32.0 Å². The maximum atomic E-state index is 12.9. The summed E-state index contributed by atoms with van der Waals surface area (Å²) in [5.41, 5.74) is 0.563. The van der Waals surface area contributed by atoms with Crippen LogP contribution in [-0.4, -0.2) is 5.11 Å². The van der Waals surface area contributed by atoms with Crippen LogP contribution in [0.5, 0.6) is 5.75 Å². The summed E-state index contributed by atoms with van der Waals surface area (Å²) in [6.45, 7) is 3.75. The monoisotopic (exact) mass is 218 g/mol. The molecule has 0 saturated heterocycles. The molecule has 72 valence electrons. The molecule has 0 amide bonds. The Morgan fingerprint density at radius 1 is 1.46 bits per heavy atom. The predicted molar refractivity (Wildman–Crippen MR) is 57.7 cm³/mol. The van der Waals surface area contributed by atoms with Gasteiger partial charge in [-0.15, -0.1) is 11.7 Å². The number of halogens is 1. The molecule has 13 heavy (non-hydrogen) atoms. The zero-order valence-electron chi connectivity index (χ0n) is 7.41. The molecule has 1 N–H and O–H groups in total. The van der Waals surface area contributed by atoms with E-state index < -0.39 is 4.75 Å². The van der Waals surface area contributed by atoms with Crippen molar-refractivity contribution in [1.29, 1.82) is 0 Å². The van der Waals surface area contributed by atoms with Crippen LogP contribution in [0.3, 0.4) is 0 Å². The van der Waals surface area contributed by atoms with E-state index in [1.807, 2.05) is 13.8 Å². The summed E-state index contributed by atoms with van der Waals surface area (Å²) in [6, 6.07) is 3.92. The number of aromatic hydroxyl groups is 1. The molecule has 0 aliphatic carbocycles. The van der Waals surface area contributed by atoms with Crippen LogP contribution >= 0.6 is 22.5 Å². The second-order valence-corrected chi connectivity index (χ2v) is 5.01. The Morgan fingerprint density at radius 3 is 2.62 bits per heavy atom. The quantitative estimate of drug-likeness (QED) is 0.586. The van der Waals surface area contributed by atoms with E-state index in [0.29, 0.717) is 5.56 Å². The number of hydrogen-bond acceptors (Lipinski definition) is 3. The molecule has 1 rings (SSSR count).